The molecule has 1 saturated heterocycles. The number of carbonyl (C=O) groups is 1. The Balaban J connectivity index is 2.16. The lowest BCUT2D eigenvalue weighted by atomic mass is 9.89. The van der Waals surface area contributed by atoms with Crippen molar-refractivity contribution in [3.05, 3.63) is 29.8 Å². The lowest BCUT2D eigenvalue weighted by molar-refractivity contribution is -0.141. The van der Waals surface area contributed by atoms with Crippen molar-refractivity contribution in [2.45, 2.75) is 19.8 Å². The molecule has 1 aromatic rings. The van der Waals surface area contributed by atoms with Gasteiger partial charge in [-0.3, -0.25) is 4.79 Å². The summed E-state index contributed by atoms with van der Waals surface area (Å²) in [6.07, 6.45) is 0. The normalized spacial score (nSPS) is 23.5. The van der Waals surface area contributed by atoms with Gasteiger partial charge in [0.1, 0.15) is 5.75 Å². The summed E-state index contributed by atoms with van der Waals surface area (Å²) in [4.78, 5) is 13.6. The van der Waals surface area contributed by atoms with Crippen molar-refractivity contribution in [3.63, 3.8) is 0 Å². The van der Waals surface area contributed by atoms with E-state index in [0.717, 1.165) is 24.4 Å². The van der Waals surface area contributed by atoms with Gasteiger partial charge in [-0.1, -0.05) is 19.1 Å². The molecule has 0 amide bonds. The van der Waals surface area contributed by atoms with Crippen LogP contribution in [0.1, 0.15) is 25.3 Å². The maximum atomic E-state index is 11.4. The second kappa shape index (κ2) is 6.06. The third kappa shape index (κ3) is 3.07. The maximum Gasteiger partial charge on any atom is 0.308 e. The van der Waals surface area contributed by atoms with E-state index in [2.05, 4.69) is 11.8 Å². The Morgan fingerprint density at radius 3 is 2.53 bits per heavy atom. The molecule has 0 aliphatic carbocycles. The molecule has 0 spiro atoms. The maximum absolute atomic E-state index is 11.4. The first kappa shape index (κ1) is 13.9. The van der Waals surface area contributed by atoms with Gasteiger partial charge in [-0.05, 0) is 31.2 Å². The van der Waals surface area contributed by atoms with Gasteiger partial charge in [0.05, 0.1) is 12.5 Å². The van der Waals surface area contributed by atoms with E-state index in [1.54, 1.807) is 0 Å². The Morgan fingerprint density at radius 2 is 2.00 bits per heavy atom. The van der Waals surface area contributed by atoms with Crippen LogP contribution in [0.5, 0.6) is 5.75 Å². The number of likely N-dealkylation sites (N-methyl/N-ethyl adjacent to an activating group) is 1. The molecule has 104 valence electrons. The number of ether oxygens (including phenoxy) is 1. The van der Waals surface area contributed by atoms with Crippen LogP contribution in [0.25, 0.3) is 0 Å². The van der Waals surface area contributed by atoms with Crippen LogP contribution in [-0.4, -0.2) is 42.2 Å². The third-order valence-electron chi connectivity index (χ3n) is 3.78. The van der Waals surface area contributed by atoms with E-state index in [-0.39, 0.29) is 11.8 Å². The van der Waals surface area contributed by atoms with Gasteiger partial charge in [0.15, 0.2) is 0 Å². The van der Waals surface area contributed by atoms with Crippen LogP contribution in [-0.2, 0) is 4.79 Å². The molecule has 0 aromatic heterocycles. The van der Waals surface area contributed by atoms with E-state index in [1.165, 1.54) is 0 Å². The molecule has 4 heteroatoms. The number of rotatable bonds is 5. The van der Waals surface area contributed by atoms with E-state index in [0.29, 0.717) is 13.2 Å². The van der Waals surface area contributed by atoms with Gasteiger partial charge in [0.25, 0.3) is 0 Å². The highest BCUT2D eigenvalue weighted by atomic mass is 16.5. The lowest BCUT2D eigenvalue weighted by Gasteiger charge is -2.15. The van der Waals surface area contributed by atoms with Gasteiger partial charge < -0.3 is 14.7 Å². The van der Waals surface area contributed by atoms with E-state index in [9.17, 15) is 9.90 Å². The van der Waals surface area contributed by atoms with Crippen LogP contribution in [0.2, 0.25) is 0 Å². The zero-order valence-corrected chi connectivity index (χ0v) is 11.5. The van der Waals surface area contributed by atoms with Crippen molar-refractivity contribution >= 4 is 5.97 Å². The number of aliphatic carboxylic acids is 1. The second-order valence-electron chi connectivity index (χ2n) is 4.91. The first-order chi connectivity index (χ1) is 9.15. The first-order valence-electron chi connectivity index (χ1n) is 6.83. The van der Waals surface area contributed by atoms with Gasteiger partial charge in [0, 0.05) is 19.0 Å². The predicted molar refractivity (Wildman–Crippen MR) is 73.6 cm³/mol. The molecule has 4 nitrogen and oxygen atoms in total. The van der Waals surface area contributed by atoms with Crippen molar-refractivity contribution in [1.29, 1.82) is 0 Å². The fourth-order valence-corrected chi connectivity index (χ4v) is 2.71. The Bertz CT molecular complexity index is 430. The van der Waals surface area contributed by atoms with Crippen molar-refractivity contribution in [2.24, 2.45) is 5.92 Å². The summed E-state index contributed by atoms with van der Waals surface area (Å²) in [5.41, 5.74) is 1.09. The Labute approximate surface area is 114 Å². The molecule has 1 aliphatic heterocycles. The number of benzene rings is 1. The SMILES string of the molecule is CCOc1ccc(C2CN(CC)CC2C(=O)O)cc1. The Morgan fingerprint density at radius 1 is 1.32 bits per heavy atom. The summed E-state index contributed by atoms with van der Waals surface area (Å²) in [7, 11) is 0. The summed E-state index contributed by atoms with van der Waals surface area (Å²) in [5, 5.41) is 9.35. The van der Waals surface area contributed by atoms with E-state index >= 15 is 0 Å². The molecule has 1 aromatic carbocycles. The fraction of sp³-hybridized carbons (Fsp3) is 0.533. The zero-order chi connectivity index (χ0) is 13.8. The predicted octanol–water partition coefficient (Wildman–Crippen LogP) is 2.21. The lowest BCUT2D eigenvalue weighted by Crippen LogP contribution is -2.23. The molecule has 1 heterocycles. The number of likely N-dealkylation sites (tertiary alicyclic amines) is 1. The van der Waals surface area contributed by atoms with E-state index in [1.807, 2.05) is 31.2 Å². The number of hydrogen-bond acceptors (Lipinski definition) is 3. The fourth-order valence-electron chi connectivity index (χ4n) is 2.71. The van der Waals surface area contributed by atoms with E-state index < -0.39 is 5.97 Å². The third-order valence-corrected chi connectivity index (χ3v) is 3.78. The van der Waals surface area contributed by atoms with Gasteiger partial charge >= 0.3 is 5.97 Å². The number of nitrogens with zero attached hydrogens (tertiary/aromatic N) is 1. The number of hydrogen-bond donors (Lipinski definition) is 1. The molecule has 0 radical (unpaired) electrons. The molecule has 2 unspecified atom stereocenters. The quantitative estimate of drug-likeness (QED) is 0.885. The second-order valence-corrected chi connectivity index (χ2v) is 4.91. The Hall–Kier alpha value is -1.55. The summed E-state index contributed by atoms with van der Waals surface area (Å²) >= 11 is 0. The molecular weight excluding hydrogens is 242 g/mol. The van der Waals surface area contributed by atoms with Crippen LogP contribution in [0, 0.1) is 5.92 Å². The van der Waals surface area contributed by atoms with Crippen molar-refractivity contribution in [2.75, 3.05) is 26.2 Å². The minimum atomic E-state index is -0.699. The Kier molecular flexibility index (Phi) is 4.43. The van der Waals surface area contributed by atoms with Gasteiger partial charge in [-0.2, -0.15) is 0 Å². The molecule has 2 rings (SSSR count). The zero-order valence-electron chi connectivity index (χ0n) is 11.5. The molecule has 1 fully saturated rings. The van der Waals surface area contributed by atoms with Crippen LogP contribution in [0.4, 0.5) is 0 Å². The summed E-state index contributed by atoms with van der Waals surface area (Å²) in [5.74, 6) is -0.0932. The highest BCUT2D eigenvalue weighted by molar-refractivity contribution is 5.72. The van der Waals surface area contributed by atoms with Crippen LogP contribution >= 0.6 is 0 Å². The molecule has 1 aliphatic rings. The summed E-state index contributed by atoms with van der Waals surface area (Å²) in [6, 6.07) is 7.83. The molecule has 0 bridgehead atoms. The minimum Gasteiger partial charge on any atom is -0.494 e. The number of carboxylic acids is 1. The molecule has 19 heavy (non-hydrogen) atoms. The van der Waals surface area contributed by atoms with Crippen molar-refractivity contribution in [3.8, 4) is 5.75 Å². The molecular formula is C15H21NO3. The van der Waals surface area contributed by atoms with Crippen LogP contribution in [0.15, 0.2) is 24.3 Å². The monoisotopic (exact) mass is 263 g/mol. The van der Waals surface area contributed by atoms with Crippen molar-refractivity contribution < 1.29 is 14.6 Å². The van der Waals surface area contributed by atoms with Crippen LogP contribution in [0.3, 0.4) is 0 Å². The van der Waals surface area contributed by atoms with Crippen molar-refractivity contribution in [1.82, 2.24) is 4.90 Å². The molecule has 2 atom stereocenters. The average molecular weight is 263 g/mol. The minimum absolute atomic E-state index is 0.0770. The summed E-state index contributed by atoms with van der Waals surface area (Å²) in [6.45, 7) is 7.02. The highest BCUT2D eigenvalue weighted by Crippen LogP contribution is 2.33. The summed E-state index contributed by atoms with van der Waals surface area (Å²) < 4.78 is 5.41. The van der Waals surface area contributed by atoms with Gasteiger partial charge in [0.2, 0.25) is 0 Å². The molecule has 1 N–H and O–H groups in total. The van der Waals surface area contributed by atoms with E-state index in [4.69, 9.17) is 4.74 Å². The van der Waals surface area contributed by atoms with Gasteiger partial charge in [-0.15, -0.1) is 0 Å². The topological polar surface area (TPSA) is 49.8 Å². The van der Waals surface area contributed by atoms with Crippen LogP contribution < -0.4 is 4.74 Å². The standard InChI is InChI=1S/C15H21NO3/c1-3-16-9-13(14(10-16)15(17)18)11-5-7-12(8-6-11)19-4-2/h5-8,13-14H,3-4,9-10H2,1-2H3,(H,17,18). The molecule has 0 saturated carbocycles. The smallest absolute Gasteiger partial charge is 0.308 e. The largest absolute Gasteiger partial charge is 0.494 e. The highest BCUT2D eigenvalue weighted by Gasteiger charge is 2.37. The first-order valence-corrected chi connectivity index (χ1v) is 6.83. The van der Waals surface area contributed by atoms with Gasteiger partial charge in [-0.25, -0.2) is 0 Å². The number of carboxylic acid groups (broad SMARTS) is 1. The average Bonchev–Trinajstić information content (AvgIpc) is 2.84.